The molecule has 1 aliphatic heterocycles. The van der Waals surface area contributed by atoms with Crippen LogP contribution in [0.4, 0.5) is 4.79 Å². The molecule has 1 aliphatic rings. The van der Waals surface area contributed by atoms with E-state index in [0.717, 1.165) is 41.2 Å². The van der Waals surface area contributed by atoms with Crippen molar-refractivity contribution in [1.82, 2.24) is 9.80 Å². The van der Waals surface area contributed by atoms with Gasteiger partial charge in [0.2, 0.25) is 0 Å². The number of nitrogens with zero attached hydrogens (tertiary/aromatic N) is 2. The molecule has 1 aromatic carbocycles. The van der Waals surface area contributed by atoms with Gasteiger partial charge in [0.1, 0.15) is 11.5 Å². The number of methoxy groups -OCH3 is 3. The predicted octanol–water partition coefficient (Wildman–Crippen LogP) is 2.45. The molecule has 0 N–H and O–H groups in total. The average molecular weight is 322 g/mol. The van der Waals surface area contributed by atoms with Crippen molar-refractivity contribution in [2.45, 2.75) is 25.9 Å². The van der Waals surface area contributed by atoms with Crippen LogP contribution >= 0.6 is 0 Å². The first kappa shape index (κ1) is 17.4. The van der Waals surface area contributed by atoms with Crippen LogP contribution in [0.5, 0.6) is 11.5 Å². The second-order valence-corrected chi connectivity index (χ2v) is 5.99. The van der Waals surface area contributed by atoms with E-state index in [0.29, 0.717) is 6.54 Å². The SMILES string of the molecule is COC(=O)N1CCc2c(OC)c(CN(C)C)cc(OC)c2C1C. The Balaban J connectivity index is 2.56. The molecule has 0 saturated carbocycles. The minimum absolute atomic E-state index is 0.122. The summed E-state index contributed by atoms with van der Waals surface area (Å²) in [5, 5.41) is 0. The Morgan fingerprint density at radius 3 is 2.52 bits per heavy atom. The van der Waals surface area contributed by atoms with Crippen LogP contribution in [-0.4, -0.2) is 57.9 Å². The first-order valence-corrected chi connectivity index (χ1v) is 7.70. The number of ether oxygens (including phenoxy) is 3. The van der Waals surface area contributed by atoms with Crippen LogP contribution in [0.3, 0.4) is 0 Å². The van der Waals surface area contributed by atoms with Gasteiger partial charge < -0.3 is 24.0 Å². The van der Waals surface area contributed by atoms with Gasteiger partial charge in [-0.1, -0.05) is 0 Å². The number of carbonyl (C=O) groups is 1. The van der Waals surface area contributed by atoms with Crippen molar-refractivity contribution in [3.05, 3.63) is 22.8 Å². The van der Waals surface area contributed by atoms with Crippen molar-refractivity contribution in [1.29, 1.82) is 0 Å². The topological polar surface area (TPSA) is 51.2 Å². The Labute approximate surface area is 137 Å². The number of hydrogen-bond acceptors (Lipinski definition) is 5. The van der Waals surface area contributed by atoms with Gasteiger partial charge >= 0.3 is 6.09 Å². The Kier molecular flexibility index (Phi) is 5.36. The van der Waals surface area contributed by atoms with Gasteiger partial charge in [-0.2, -0.15) is 0 Å². The summed E-state index contributed by atoms with van der Waals surface area (Å²) in [4.78, 5) is 15.8. The third-order valence-electron chi connectivity index (χ3n) is 4.27. The van der Waals surface area contributed by atoms with E-state index in [1.807, 2.05) is 27.1 Å². The highest BCUT2D eigenvalue weighted by molar-refractivity contribution is 5.70. The average Bonchev–Trinajstić information content (AvgIpc) is 2.53. The fourth-order valence-electron chi connectivity index (χ4n) is 3.30. The highest BCUT2D eigenvalue weighted by atomic mass is 16.5. The zero-order chi connectivity index (χ0) is 17.1. The van der Waals surface area contributed by atoms with Crippen molar-refractivity contribution in [2.75, 3.05) is 42.0 Å². The molecule has 128 valence electrons. The number of benzene rings is 1. The molecule has 0 aromatic heterocycles. The third kappa shape index (κ3) is 3.22. The minimum Gasteiger partial charge on any atom is -0.496 e. The van der Waals surface area contributed by atoms with Gasteiger partial charge in [0.25, 0.3) is 0 Å². The van der Waals surface area contributed by atoms with Crippen molar-refractivity contribution >= 4 is 6.09 Å². The summed E-state index contributed by atoms with van der Waals surface area (Å²) in [5.74, 6) is 1.68. The first-order valence-electron chi connectivity index (χ1n) is 7.70. The van der Waals surface area contributed by atoms with Gasteiger partial charge in [0.05, 0.1) is 27.4 Å². The van der Waals surface area contributed by atoms with Crippen molar-refractivity contribution in [2.24, 2.45) is 0 Å². The molecule has 1 unspecified atom stereocenters. The predicted molar refractivity (Wildman–Crippen MR) is 88.2 cm³/mol. The maximum Gasteiger partial charge on any atom is 0.409 e. The molecule has 1 aromatic rings. The zero-order valence-electron chi connectivity index (χ0n) is 14.8. The van der Waals surface area contributed by atoms with E-state index < -0.39 is 0 Å². The van der Waals surface area contributed by atoms with Gasteiger partial charge in [-0.3, -0.25) is 0 Å². The molecule has 1 heterocycles. The monoisotopic (exact) mass is 322 g/mol. The Morgan fingerprint density at radius 1 is 1.30 bits per heavy atom. The summed E-state index contributed by atoms with van der Waals surface area (Å²) in [7, 11) is 8.80. The standard InChI is InChI=1S/C17H26N2O4/c1-11-15-13(7-8-19(11)17(20)23-6)16(22-5)12(10-18(2)3)9-14(15)21-4/h9,11H,7-8,10H2,1-6H3. The van der Waals surface area contributed by atoms with E-state index >= 15 is 0 Å². The molecule has 0 radical (unpaired) electrons. The second-order valence-electron chi connectivity index (χ2n) is 5.99. The maximum absolute atomic E-state index is 12.0. The number of hydrogen-bond donors (Lipinski definition) is 0. The molecule has 0 bridgehead atoms. The number of amides is 1. The van der Waals surface area contributed by atoms with E-state index in [1.165, 1.54) is 7.11 Å². The number of fused-ring (bicyclic) bond motifs is 1. The van der Waals surface area contributed by atoms with E-state index in [9.17, 15) is 4.79 Å². The number of rotatable bonds is 4. The molecule has 1 amide bonds. The van der Waals surface area contributed by atoms with Crippen LogP contribution in [0, 0.1) is 0 Å². The summed E-state index contributed by atoms with van der Waals surface area (Å²) in [6.45, 7) is 3.36. The minimum atomic E-state index is -0.318. The Bertz CT molecular complexity index is 586. The van der Waals surface area contributed by atoms with Crippen LogP contribution in [-0.2, 0) is 17.7 Å². The van der Waals surface area contributed by atoms with Crippen LogP contribution in [0.2, 0.25) is 0 Å². The number of carbonyl (C=O) groups excluding carboxylic acids is 1. The van der Waals surface area contributed by atoms with Gasteiger partial charge in [-0.05, 0) is 33.5 Å². The molecule has 0 saturated heterocycles. The molecule has 23 heavy (non-hydrogen) atoms. The summed E-state index contributed by atoms with van der Waals surface area (Å²) >= 11 is 0. The summed E-state index contributed by atoms with van der Waals surface area (Å²) < 4.78 is 16.2. The van der Waals surface area contributed by atoms with Crippen LogP contribution in [0.1, 0.15) is 29.7 Å². The fraction of sp³-hybridized carbons (Fsp3) is 0.588. The lowest BCUT2D eigenvalue weighted by Crippen LogP contribution is -2.39. The molecule has 0 aliphatic carbocycles. The summed E-state index contributed by atoms with van der Waals surface area (Å²) in [6.07, 6.45) is 0.400. The van der Waals surface area contributed by atoms with Gasteiger partial charge in [-0.25, -0.2) is 4.79 Å². The highest BCUT2D eigenvalue weighted by Crippen LogP contribution is 2.43. The highest BCUT2D eigenvalue weighted by Gasteiger charge is 2.33. The van der Waals surface area contributed by atoms with E-state index in [1.54, 1.807) is 19.1 Å². The van der Waals surface area contributed by atoms with Gasteiger partial charge in [-0.15, -0.1) is 0 Å². The van der Waals surface area contributed by atoms with E-state index in [4.69, 9.17) is 14.2 Å². The van der Waals surface area contributed by atoms with Crippen molar-refractivity contribution < 1.29 is 19.0 Å². The molecule has 6 nitrogen and oxygen atoms in total. The smallest absolute Gasteiger partial charge is 0.409 e. The third-order valence-corrected chi connectivity index (χ3v) is 4.27. The molecule has 0 fully saturated rings. The summed E-state index contributed by atoms with van der Waals surface area (Å²) in [6, 6.07) is 1.89. The van der Waals surface area contributed by atoms with Gasteiger partial charge in [0.15, 0.2) is 0 Å². The quantitative estimate of drug-likeness (QED) is 0.852. The molecule has 6 heteroatoms. The lowest BCUT2D eigenvalue weighted by molar-refractivity contribution is 0.104. The van der Waals surface area contributed by atoms with Crippen LogP contribution in [0.25, 0.3) is 0 Å². The Morgan fingerprint density at radius 2 is 2.00 bits per heavy atom. The zero-order valence-corrected chi connectivity index (χ0v) is 14.8. The van der Waals surface area contributed by atoms with Crippen LogP contribution < -0.4 is 9.47 Å². The summed E-state index contributed by atoms with van der Waals surface area (Å²) in [5.41, 5.74) is 3.21. The van der Waals surface area contributed by atoms with Crippen molar-refractivity contribution in [3.63, 3.8) is 0 Å². The van der Waals surface area contributed by atoms with Crippen molar-refractivity contribution in [3.8, 4) is 11.5 Å². The molecule has 0 spiro atoms. The Hall–Kier alpha value is -1.95. The van der Waals surface area contributed by atoms with Crippen LogP contribution in [0.15, 0.2) is 6.07 Å². The molecular weight excluding hydrogens is 296 g/mol. The molecule has 1 atom stereocenters. The molecule has 2 rings (SSSR count). The lowest BCUT2D eigenvalue weighted by atomic mass is 9.89. The maximum atomic E-state index is 12.0. The van der Waals surface area contributed by atoms with Gasteiger partial charge in [0, 0.05) is 29.8 Å². The lowest BCUT2D eigenvalue weighted by Gasteiger charge is -2.36. The molecular formula is C17H26N2O4. The fourth-order valence-corrected chi connectivity index (χ4v) is 3.30. The normalized spacial score (nSPS) is 17.0. The first-order chi connectivity index (χ1) is 10.9. The van der Waals surface area contributed by atoms with E-state index in [-0.39, 0.29) is 12.1 Å². The largest absolute Gasteiger partial charge is 0.496 e. The van der Waals surface area contributed by atoms with E-state index in [2.05, 4.69) is 4.90 Å². The second kappa shape index (κ2) is 7.08.